The number of hydrogen-bond donors (Lipinski definition) is 0. The number of allylic oxidation sites excluding steroid dienone is 2. The predicted octanol–water partition coefficient (Wildman–Crippen LogP) is 1.52. The highest BCUT2D eigenvalue weighted by atomic mass is 15.1. The molecule has 0 spiro atoms. The zero-order valence-electron chi connectivity index (χ0n) is 8.63. The second kappa shape index (κ2) is 2.97. The lowest BCUT2D eigenvalue weighted by atomic mass is 9.94. The number of hydrogen-bond acceptors (Lipinski definition) is 0. The number of nitrogens with zero attached hydrogens (tertiary/aromatic N) is 2. The summed E-state index contributed by atoms with van der Waals surface area (Å²) in [6.07, 6.45) is 14.1. The van der Waals surface area contributed by atoms with E-state index in [2.05, 4.69) is 47.1 Å². The monoisotopic (exact) mass is 189 g/mol. The molecule has 1 heterocycles. The highest BCUT2D eigenvalue weighted by molar-refractivity contribution is 5.09. The van der Waals surface area contributed by atoms with Crippen LogP contribution in [0.5, 0.6) is 0 Å². The molecule has 3 unspecified atom stereocenters. The number of aromatic nitrogens is 2. The van der Waals surface area contributed by atoms with Crippen molar-refractivity contribution in [3.8, 4) is 0 Å². The molecule has 0 aliphatic heterocycles. The van der Waals surface area contributed by atoms with Gasteiger partial charge in [0.05, 0.1) is 13.6 Å². The smallest absolute Gasteiger partial charge is 0.240 e. The summed E-state index contributed by atoms with van der Waals surface area (Å²) in [4.78, 5) is 0. The van der Waals surface area contributed by atoms with Crippen LogP contribution in [0, 0.1) is 17.8 Å². The lowest BCUT2D eigenvalue weighted by Crippen LogP contribution is -2.24. The fourth-order valence-electron chi connectivity index (χ4n) is 2.99. The van der Waals surface area contributed by atoms with Crippen molar-refractivity contribution in [1.82, 2.24) is 4.57 Å². The van der Waals surface area contributed by atoms with Crippen LogP contribution in [0.4, 0.5) is 0 Å². The topological polar surface area (TPSA) is 8.81 Å². The average Bonchev–Trinajstić information content (AvgIpc) is 2.82. The molecule has 0 radical (unpaired) electrons. The van der Waals surface area contributed by atoms with E-state index in [0.29, 0.717) is 0 Å². The molecule has 74 valence electrons. The molecular weight excluding hydrogens is 172 g/mol. The fraction of sp³-hybridized carbons (Fsp3) is 0.583. The minimum Gasteiger partial charge on any atom is -0.240 e. The molecule has 1 fully saturated rings. The van der Waals surface area contributed by atoms with E-state index in [1.54, 1.807) is 0 Å². The van der Waals surface area contributed by atoms with Gasteiger partial charge in [0.2, 0.25) is 6.33 Å². The van der Waals surface area contributed by atoms with Gasteiger partial charge in [0, 0.05) is 5.92 Å². The molecule has 1 saturated carbocycles. The third-order valence-electron chi connectivity index (χ3n) is 3.69. The first-order valence-electron chi connectivity index (χ1n) is 5.50. The van der Waals surface area contributed by atoms with Crippen molar-refractivity contribution >= 4 is 0 Å². The van der Waals surface area contributed by atoms with Crippen molar-refractivity contribution < 1.29 is 4.57 Å². The molecule has 1 aromatic heterocycles. The SMILES string of the molecule is C[n+]1ccn(CC2CC3C=CC2C3)c1. The first-order valence-corrected chi connectivity index (χ1v) is 5.50. The number of imidazole rings is 1. The zero-order chi connectivity index (χ0) is 9.54. The molecule has 2 nitrogen and oxygen atoms in total. The van der Waals surface area contributed by atoms with Crippen LogP contribution in [0.3, 0.4) is 0 Å². The van der Waals surface area contributed by atoms with Crippen molar-refractivity contribution in [2.75, 3.05) is 0 Å². The van der Waals surface area contributed by atoms with Gasteiger partial charge >= 0.3 is 0 Å². The molecule has 2 aliphatic carbocycles. The van der Waals surface area contributed by atoms with Crippen LogP contribution >= 0.6 is 0 Å². The van der Waals surface area contributed by atoms with Crippen LogP contribution < -0.4 is 4.57 Å². The molecular formula is C12H17N2+. The minimum atomic E-state index is 0.868. The molecule has 0 N–H and O–H groups in total. The van der Waals surface area contributed by atoms with Gasteiger partial charge in [-0.2, -0.15) is 0 Å². The van der Waals surface area contributed by atoms with E-state index >= 15 is 0 Å². The molecule has 3 atom stereocenters. The van der Waals surface area contributed by atoms with Crippen LogP contribution in [-0.2, 0) is 13.6 Å². The number of fused-ring (bicyclic) bond motifs is 2. The van der Waals surface area contributed by atoms with Crippen molar-refractivity contribution in [3.63, 3.8) is 0 Å². The number of rotatable bonds is 2. The van der Waals surface area contributed by atoms with Crippen molar-refractivity contribution in [2.45, 2.75) is 19.4 Å². The van der Waals surface area contributed by atoms with Crippen LogP contribution in [0.2, 0.25) is 0 Å². The maximum Gasteiger partial charge on any atom is 0.243 e. The van der Waals surface area contributed by atoms with Crippen molar-refractivity contribution in [1.29, 1.82) is 0 Å². The van der Waals surface area contributed by atoms with Gasteiger partial charge in [0.1, 0.15) is 12.4 Å². The molecule has 2 aliphatic rings. The third kappa shape index (κ3) is 1.29. The maximum atomic E-state index is 2.43. The van der Waals surface area contributed by atoms with Gasteiger partial charge in [-0.3, -0.25) is 0 Å². The molecule has 2 heteroatoms. The average molecular weight is 189 g/mol. The van der Waals surface area contributed by atoms with E-state index in [1.165, 1.54) is 19.4 Å². The van der Waals surface area contributed by atoms with Crippen LogP contribution in [0.25, 0.3) is 0 Å². The Kier molecular flexibility index (Phi) is 1.76. The van der Waals surface area contributed by atoms with Gasteiger partial charge in [-0.25, -0.2) is 9.13 Å². The first kappa shape index (κ1) is 8.27. The van der Waals surface area contributed by atoms with Crippen molar-refractivity contribution in [2.24, 2.45) is 24.8 Å². The Morgan fingerprint density at radius 3 is 2.86 bits per heavy atom. The second-order valence-electron chi connectivity index (χ2n) is 4.82. The molecule has 14 heavy (non-hydrogen) atoms. The van der Waals surface area contributed by atoms with Crippen LogP contribution in [0.15, 0.2) is 30.9 Å². The Labute approximate surface area is 84.9 Å². The largest absolute Gasteiger partial charge is 0.243 e. The summed E-state index contributed by atoms with van der Waals surface area (Å²) in [6, 6.07) is 0. The zero-order valence-corrected chi connectivity index (χ0v) is 8.63. The van der Waals surface area contributed by atoms with Gasteiger partial charge in [-0.1, -0.05) is 12.2 Å². The Balaban J connectivity index is 1.71. The Hall–Kier alpha value is -1.05. The Morgan fingerprint density at radius 1 is 1.36 bits per heavy atom. The Morgan fingerprint density at radius 2 is 2.29 bits per heavy atom. The molecule has 0 amide bonds. The summed E-state index contributed by atoms with van der Waals surface area (Å²) in [5.74, 6) is 2.65. The summed E-state index contributed by atoms with van der Waals surface area (Å²) in [7, 11) is 2.08. The molecule has 1 aromatic rings. The van der Waals surface area contributed by atoms with Crippen LogP contribution in [-0.4, -0.2) is 4.57 Å². The minimum absolute atomic E-state index is 0.868. The van der Waals surface area contributed by atoms with E-state index in [4.69, 9.17) is 0 Å². The summed E-state index contributed by atoms with van der Waals surface area (Å²) >= 11 is 0. The Bertz CT molecular complexity index is 364. The molecule has 0 aromatic carbocycles. The lowest BCUT2D eigenvalue weighted by molar-refractivity contribution is -0.671. The van der Waals surface area contributed by atoms with E-state index in [0.717, 1.165) is 17.8 Å². The van der Waals surface area contributed by atoms with Gasteiger partial charge in [-0.05, 0) is 24.7 Å². The van der Waals surface area contributed by atoms with E-state index < -0.39 is 0 Å². The molecule has 3 rings (SSSR count). The third-order valence-corrected chi connectivity index (χ3v) is 3.69. The van der Waals surface area contributed by atoms with Crippen molar-refractivity contribution in [3.05, 3.63) is 30.9 Å². The lowest BCUT2D eigenvalue weighted by Gasteiger charge is -2.15. The summed E-state index contributed by atoms with van der Waals surface area (Å²) in [6.45, 7) is 1.20. The molecule has 0 saturated heterocycles. The fourth-order valence-corrected chi connectivity index (χ4v) is 2.99. The van der Waals surface area contributed by atoms with Gasteiger partial charge in [-0.15, -0.1) is 0 Å². The van der Waals surface area contributed by atoms with E-state index in [9.17, 15) is 0 Å². The maximum absolute atomic E-state index is 2.43. The normalized spacial score (nSPS) is 34.2. The summed E-state index contributed by atoms with van der Waals surface area (Å²) in [5, 5.41) is 0. The van der Waals surface area contributed by atoms with Gasteiger partial charge in [0.25, 0.3) is 0 Å². The first-order chi connectivity index (χ1) is 6.81. The quantitative estimate of drug-likeness (QED) is 0.493. The highest BCUT2D eigenvalue weighted by Crippen LogP contribution is 2.43. The van der Waals surface area contributed by atoms with E-state index in [1.807, 2.05) is 0 Å². The summed E-state index contributed by atoms with van der Waals surface area (Å²) in [5.41, 5.74) is 0. The predicted molar refractivity (Wildman–Crippen MR) is 54.5 cm³/mol. The van der Waals surface area contributed by atoms with Gasteiger partial charge < -0.3 is 0 Å². The summed E-state index contributed by atoms with van der Waals surface area (Å²) < 4.78 is 4.43. The molecule has 2 bridgehead atoms. The van der Waals surface area contributed by atoms with Gasteiger partial charge in [0.15, 0.2) is 0 Å². The number of aryl methyl sites for hydroxylation is 1. The second-order valence-corrected chi connectivity index (χ2v) is 4.82. The standard InChI is InChI=1S/C12H17N2/c1-13-4-5-14(9-13)8-12-7-10-2-3-11(12)6-10/h2-5,9-12H,6-8H2,1H3/q+1. The highest BCUT2D eigenvalue weighted by Gasteiger charge is 2.36. The van der Waals surface area contributed by atoms with Crippen LogP contribution in [0.1, 0.15) is 12.8 Å². The van der Waals surface area contributed by atoms with E-state index in [-0.39, 0.29) is 0 Å².